The van der Waals surface area contributed by atoms with E-state index in [4.69, 9.17) is 0 Å². The predicted octanol–water partition coefficient (Wildman–Crippen LogP) is 3.08. The van der Waals surface area contributed by atoms with Gasteiger partial charge in [0, 0.05) is 18.0 Å². The minimum atomic E-state index is 0.000384. The third kappa shape index (κ3) is 4.15. The zero-order valence-corrected chi connectivity index (χ0v) is 14.4. The fourth-order valence-corrected chi connectivity index (χ4v) is 3.98. The Morgan fingerprint density at radius 3 is 2.52 bits per heavy atom. The zero-order valence-electron chi connectivity index (χ0n) is 13.6. The highest BCUT2D eigenvalue weighted by atomic mass is 32.2. The van der Waals surface area contributed by atoms with Crippen LogP contribution in [0.25, 0.3) is 0 Å². The van der Waals surface area contributed by atoms with Crippen molar-refractivity contribution in [2.24, 2.45) is 0 Å². The van der Waals surface area contributed by atoms with E-state index in [2.05, 4.69) is 60.7 Å². The van der Waals surface area contributed by atoms with Crippen molar-refractivity contribution < 1.29 is 4.79 Å². The number of nitrogens with zero attached hydrogens (tertiary/aromatic N) is 1. The molecule has 1 aliphatic rings. The lowest BCUT2D eigenvalue weighted by molar-refractivity contribution is -0.120. The summed E-state index contributed by atoms with van der Waals surface area (Å²) >= 11 is 1.67. The van der Waals surface area contributed by atoms with Crippen LogP contribution in [0.5, 0.6) is 0 Å². The van der Waals surface area contributed by atoms with Crippen molar-refractivity contribution in [3.8, 4) is 0 Å². The molecule has 0 radical (unpaired) electrons. The fourth-order valence-electron chi connectivity index (χ4n) is 2.76. The Morgan fingerprint density at radius 2 is 1.83 bits per heavy atom. The van der Waals surface area contributed by atoms with Gasteiger partial charge in [-0.2, -0.15) is 0 Å². The number of rotatable bonds is 5. The van der Waals surface area contributed by atoms with Gasteiger partial charge in [-0.15, -0.1) is 11.8 Å². The van der Waals surface area contributed by atoms with Crippen LogP contribution in [-0.4, -0.2) is 30.2 Å². The van der Waals surface area contributed by atoms with E-state index >= 15 is 0 Å². The fraction of sp³-hybridized carbons (Fsp3) is 0.316. The highest BCUT2D eigenvalue weighted by molar-refractivity contribution is 8.01. The van der Waals surface area contributed by atoms with E-state index in [0.29, 0.717) is 6.54 Å². The van der Waals surface area contributed by atoms with Crippen LogP contribution in [0.1, 0.15) is 16.7 Å². The highest BCUT2D eigenvalue weighted by Crippen LogP contribution is 2.36. The van der Waals surface area contributed by atoms with Crippen LogP contribution >= 0.6 is 11.8 Å². The van der Waals surface area contributed by atoms with Crippen molar-refractivity contribution in [3.05, 3.63) is 65.2 Å². The van der Waals surface area contributed by atoms with Gasteiger partial charge in [-0.1, -0.05) is 42.5 Å². The van der Waals surface area contributed by atoms with Gasteiger partial charge >= 0.3 is 0 Å². The summed E-state index contributed by atoms with van der Waals surface area (Å²) in [5, 5.41) is 3.07. The van der Waals surface area contributed by atoms with Crippen molar-refractivity contribution in [2.75, 3.05) is 14.1 Å². The van der Waals surface area contributed by atoms with Crippen molar-refractivity contribution in [2.45, 2.75) is 29.7 Å². The van der Waals surface area contributed by atoms with Gasteiger partial charge in [0.15, 0.2) is 0 Å². The van der Waals surface area contributed by atoms with E-state index in [0.717, 1.165) is 18.5 Å². The van der Waals surface area contributed by atoms with Gasteiger partial charge in [0.1, 0.15) is 0 Å². The zero-order chi connectivity index (χ0) is 16.2. The molecule has 23 heavy (non-hydrogen) atoms. The Labute approximate surface area is 142 Å². The van der Waals surface area contributed by atoms with Crippen LogP contribution in [0, 0.1) is 0 Å². The van der Waals surface area contributed by atoms with Gasteiger partial charge in [0.2, 0.25) is 5.91 Å². The molecule has 3 nitrogen and oxygen atoms in total. The third-order valence-corrected chi connectivity index (χ3v) is 5.25. The molecule has 1 aliphatic heterocycles. The predicted molar refractivity (Wildman–Crippen MR) is 95.5 cm³/mol. The van der Waals surface area contributed by atoms with Gasteiger partial charge in [-0.3, -0.25) is 4.79 Å². The number of thioether (sulfide) groups is 1. The molecule has 1 atom stereocenters. The molecular weight excluding hydrogens is 304 g/mol. The second kappa shape index (κ2) is 7.20. The number of hydrogen-bond acceptors (Lipinski definition) is 3. The molecule has 3 rings (SSSR count). The Hall–Kier alpha value is -1.78. The maximum Gasteiger partial charge on any atom is 0.234 e. The summed E-state index contributed by atoms with van der Waals surface area (Å²) in [5.74, 6) is 0.128. The van der Waals surface area contributed by atoms with Gasteiger partial charge in [0.25, 0.3) is 0 Å². The Kier molecular flexibility index (Phi) is 5.03. The number of amides is 1. The first-order valence-electron chi connectivity index (χ1n) is 7.86. The number of benzene rings is 2. The molecule has 4 heteroatoms. The van der Waals surface area contributed by atoms with E-state index in [-0.39, 0.29) is 11.2 Å². The molecule has 1 amide bonds. The lowest BCUT2D eigenvalue weighted by Gasteiger charge is -2.12. The van der Waals surface area contributed by atoms with E-state index in [1.165, 1.54) is 16.0 Å². The largest absolute Gasteiger partial charge is 0.351 e. The molecule has 0 aromatic heterocycles. The molecule has 2 aromatic carbocycles. The molecule has 0 fully saturated rings. The van der Waals surface area contributed by atoms with Crippen LogP contribution < -0.4 is 5.32 Å². The normalized spacial score (nSPS) is 16.4. The summed E-state index contributed by atoms with van der Waals surface area (Å²) in [7, 11) is 4.12. The quantitative estimate of drug-likeness (QED) is 0.916. The van der Waals surface area contributed by atoms with Gasteiger partial charge in [0.05, 0.1) is 5.25 Å². The number of carbonyl (C=O) groups is 1. The average Bonchev–Trinajstić information content (AvgIpc) is 2.97. The summed E-state index contributed by atoms with van der Waals surface area (Å²) < 4.78 is 0. The molecule has 0 aliphatic carbocycles. The lowest BCUT2D eigenvalue weighted by Crippen LogP contribution is -2.31. The molecule has 1 N–H and O–H groups in total. The SMILES string of the molecule is CN(C)Cc1ccc(CNC(=O)C2Cc3ccccc3S2)cc1. The van der Waals surface area contributed by atoms with Gasteiger partial charge < -0.3 is 10.2 Å². The minimum Gasteiger partial charge on any atom is -0.351 e. The van der Waals surface area contributed by atoms with Crippen molar-refractivity contribution in [1.82, 2.24) is 10.2 Å². The number of carbonyl (C=O) groups excluding carboxylic acids is 1. The van der Waals surface area contributed by atoms with Crippen LogP contribution in [0.4, 0.5) is 0 Å². The molecule has 1 heterocycles. The van der Waals surface area contributed by atoms with Crippen LogP contribution in [0.15, 0.2) is 53.4 Å². The van der Waals surface area contributed by atoms with Crippen molar-refractivity contribution in [1.29, 1.82) is 0 Å². The molecule has 2 aromatic rings. The summed E-state index contributed by atoms with van der Waals surface area (Å²) in [6, 6.07) is 16.7. The average molecular weight is 326 g/mol. The molecule has 0 saturated carbocycles. The first kappa shape index (κ1) is 16.1. The second-order valence-corrected chi connectivity index (χ2v) is 7.43. The lowest BCUT2D eigenvalue weighted by atomic mass is 10.1. The number of nitrogens with one attached hydrogen (secondary N) is 1. The van der Waals surface area contributed by atoms with E-state index in [1.807, 2.05) is 12.1 Å². The Bertz CT molecular complexity index is 657. The molecule has 0 bridgehead atoms. The maximum absolute atomic E-state index is 12.4. The summed E-state index contributed by atoms with van der Waals surface area (Å²) in [5.41, 5.74) is 3.71. The van der Waals surface area contributed by atoms with Crippen molar-refractivity contribution in [3.63, 3.8) is 0 Å². The monoisotopic (exact) mass is 326 g/mol. The topological polar surface area (TPSA) is 32.3 Å². The van der Waals surface area contributed by atoms with Gasteiger partial charge in [-0.25, -0.2) is 0 Å². The number of fused-ring (bicyclic) bond motifs is 1. The van der Waals surface area contributed by atoms with Crippen molar-refractivity contribution >= 4 is 17.7 Å². The van der Waals surface area contributed by atoms with E-state index in [1.54, 1.807) is 11.8 Å². The summed E-state index contributed by atoms with van der Waals surface area (Å²) in [4.78, 5) is 15.7. The molecular formula is C19H22N2OS. The van der Waals surface area contributed by atoms with Gasteiger partial charge in [-0.05, 0) is 43.3 Å². The third-order valence-electron chi connectivity index (χ3n) is 3.93. The summed E-state index contributed by atoms with van der Waals surface area (Å²) in [6.07, 6.45) is 0.828. The maximum atomic E-state index is 12.4. The molecule has 0 spiro atoms. The molecule has 120 valence electrons. The Balaban J connectivity index is 1.52. The second-order valence-electron chi connectivity index (χ2n) is 6.19. The number of hydrogen-bond donors (Lipinski definition) is 1. The minimum absolute atomic E-state index is 0.000384. The first-order valence-corrected chi connectivity index (χ1v) is 8.74. The van der Waals surface area contributed by atoms with E-state index in [9.17, 15) is 4.79 Å². The standard InChI is InChI=1S/C19H22N2OS/c1-21(2)13-15-9-7-14(8-10-15)12-20-19(22)18-11-16-5-3-4-6-17(16)23-18/h3-10,18H,11-13H2,1-2H3,(H,20,22). The summed E-state index contributed by atoms with van der Waals surface area (Å²) in [6.45, 7) is 1.53. The molecule has 1 unspecified atom stereocenters. The van der Waals surface area contributed by atoms with Crippen LogP contribution in [0.2, 0.25) is 0 Å². The van der Waals surface area contributed by atoms with Crippen LogP contribution in [-0.2, 0) is 24.3 Å². The Morgan fingerprint density at radius 1 is 1.13 bits per heavy atom. The smallest absolute Gasteiger partial charge is 0.234 e. The van der Waals surface area contributed by atoms with Crippen LogP contribution in [0.3, 0.4) is 0 Å². The first-order chi connectivity index (χ1) is 11.1. The van der Waals surface area contributed by atoms with E-state index < -0.39 is 0 Å². The highest BCUT2D eigenvalue weighted by Gasteiger charge is 2.27. The molecule has 0 saturated heterocycles.